The third kappa shape index (κ3) is 4.87. The Bertz CT molecular complexity index is 937. The van der Waals surface area contributed by atoms with Gasteiger partial charge < -0.3 is 15.6 Å². The highest BCUT2D eigenvalue weighted by molar-refractivity contribution is 5.53. The van der Waals surface area contributed by atoms with E-state index in [1.54, 1.807) is 0 Å². The number of nitrogens with two attached hydrogens (primary N) is 1. The Kier molecular flexibility index (Phi) is 5.68. The Balaban J connectivity index is 1.38. The fraction of sp³-hybridized carbons (Fsp3) is 0.400. The van der Waals surface area contributed by atoms with Gasteiger partial charge in [-0.1, -0.05) is 23.4 Å². The lowest BCUT2D eigenvalue weighted by atomic mass is 10.2. The average molecular weight is 394 g/mol. The Hall–Kier alpha value is -3.04. The maximum Gasteiger partial charge on any atom is 0.232 e. The first-order valence-electron chi connectivity index (χ1n) is 9.79. The van der Waals surface area contributed by atoms with E-state index in [0.717, 1.165) is 49.9 Å². The third-order valence-electron chi connectivity index (χ3n) is 5.09. The molecule has 1 unspecified atom stereocenters. The molecule has 0 bridgehead atoms. The van der Waals surface area contributed by atoms with Gasteiger partial charge in [-0.05, 0) is 26.0 Å². The number of rotatable bonds is 6. The first-order chi connectivity index (χ1) is 14.1. The average Bonchev–Trinajstić information content (AvgIpc) is 3.13. The summed E-state index contributed by atoms with van der Waals surface area (Å²) < 4.78 is 5.16. The minimum atomic E-state index is 0.0491. The number of hydrogen-bond donors (Lipinski definition) is 2. The van der Waals surface area contributed by atoms with Crippen molar-refractivity contribution in [2.24, 2.45) is 0 Å². The topological polar surface area (TPSA) is 109 Å². The number of benzene rings is 1. The van der Waals surface area contributed by atoms with Gasteiger partial charge in [0.05, 0.1) is 11.7 Å². The normalized spacial score (nSPS) is 16.6. The number of nitrogen functional groups attached to an aromatic ring is 1. The van der Waals surface area contributed by atoms with Gasteiger partial charge in [-0.2, -0.15) is 15.0 Å². The summed E-state index contributed by atoms with van der Waals surface area (Å²) in [5, 5.41) is 7.28. The monoisotopic (exact) mass is 394 g/mol. The summed E-state index contributed by atoms with van der Waals surface area (Å²) in [6.07, 6.45) is 0. The standard InChI is InChI=1S/C20H26N8O/c1-14-12-17(26-29-14)13-27-8-10-28(11-9-27)15(2)18-23-19(21)25-20(24-18)22-16-6-4-3-5-7-16/h3-7,12,15H,8-11,13H2,1-2H3,(H3,21,22,23,24,25). The number of nitrogens with one attached hydrogen (secondary N) is 1. The van der Waals surface area contributed by atoms with Crippen molar-refractivity contribution in [2.45, 2.75) is 26.4 Å². The van der Waals surface area contributed by atoms with E-state index in [2.05, 4.69) is 42.1 Å². The van der Waals surface area contributed by atoms with E-state index in [0.29, 0.717) is 11.8 Å². The summed E-state index contributed by atoms with van der Waals surface area (Å²) in [6, 6.07) is 11.8. The molecule has 1 aliphatic rings. The van der Waals surface area contributed by atoms with Gasteiger partial charge in [0.15, 0.2) is 5.82 Å². The summed E-state index contributed by atoms with van der Waals surface area (Å²) in [4.78, 5) is 17.9. The zero-order chi connectivity index (χ0) is 20.2. The number of anilines is 3. The first-order valence-corrected chi connectivity index (χ1v) is 9.79. The van der Waals surface area contributed by atoms with Crippen molar-refractivity contribution in [3.63, 3.8) is 0 Å². The van der Waals surface area contributed by atoms with E-state index in [9.17, 15) is 0 Å². The summed E-state index contributed by atoms with van der Waals surface area (Å²) in [5.41, 5.74) is 7.83. The summed E-state index contributed by atoms with van der Waals surface area (Å²) in [5.74, 6) is 2.21. The molecule has 0 aliphatic carbocycles. The second kappa shape index (κ2) is 8.54. The molecule has 2 aromatic heterocycles. The van der Waals surface area contributed by atoms with Gasteiger partial charge in [-0.25, -0.2) is 0 Å². The van der Waals surface area contributed by atoms with E-state index >= 15 is 0 Å². The van der Waals surface area contributed by atoms with Crippen molar-refractivity contribution in [1.82, 2.24) is 29.9 Å². The number of piperazine rings is 1. The molecule has 1 aromatic carbocycles. The maximum atomic E-state index is 5.95. The Morgan fingerprint density at radius 1 is 1.10 bits per heavy atom. The molecule has 29 heavy (non-hydrogen) atoms. The van der Waals surface area contributed by atoms with Crippen molar-refractivity contribution < 1.29 is 4.52 Å². The van der Waals surface area contributed by atoms with Crippen LogP contribution < -0.4 is 11.1 Å². The van der Waals surface area contributed by atoms with Crippen LogP contribution >= 0.6 is 0 Å². The van der Waals surface area contributed by atoms with Gasteiger partial charge in [0.1, 0.15) is 5.76 Å². The summed E-state index contributed by atoms with van der Waals surface area (Å²) in [7, 11) is 0. The van der Waals surface area contributed by atoms with Crippen LogP contribution in [0.1, 0.15) is 30.2 Å². The molecule has 9 heteroatoms. The van der Waals surface area contributed by atoms with Crippen LogP contribution in [0.25, 0.3) is 0 Å². The molecule has 1 aliphatic heterocycles. The Morgan fingerprint density at radius 3 is 2.55 bits per heavy atom. The van der Waals surface area contributed by atoms with Gasteiger partial charge >= 0.3 is 0 Å². The predicted molar refractivity (Wildman–Crippen MR) is 110 cm³/mol. The fourth-order valence-electron chi connectivity index (χ4n) is 3.50. The van der Waals surface area contributed by atoms with Crippen molar-refractivity contribution >= 4 is 17.6 Å². The van der Waals surface area contributed by atoms with Gasteiger partial charge in [0.25, 0.3) is 0 Å². The minimum Gasteiger partial charge on any atom is -0.368 e. The van der Waals surface area contributed by atoms with Gasteiger partial charge in [0, 0.05) is 44.5 Å². The highest BCUT2D eigenvalue weighted by Crippen LogP contribution is 2.22. The van der Waals surface area contributed by atoms with E-state index in [1.807, 2.05) is 43.3 Å². The van der Waals surface area contributed by atoms with Crippen molar-refractivity contribution in [1.29, 1.82) is 0 Å². The molecule has 0 radical (unpaired) electrons. The lowest BCUT2D eigenvalue weighted by molar-refractivity contribution is 0.0933. The molecule has 0 amide bonds. The molecule has 9 nitrogen and oxygen atoms in total. The lowest BCUT2D eigenvalue weighted by Crippen LogP contribution is -2.47. The molecule has 0 spiro atoms. The van der Waals surface area contributed by atoms with E-state index in [4.69, 9.17) is 10.3 Å². The Labute approximate surface area is 169 Å². The largest absolute Gasteiger partial charge is 0.368 e. The van der Waals surface area contributed by atoms with Gasteiger partial charge in [-0.3, -0.25) is 9.80 Å². The molecular formula is C20H26N8O. The van der Waals surface area contributed by atoms with Crippen molar-refractivity contribution in [3.05, 3.63) is 53.7 Å². The minimum absolute atomic E-state index is 0.0491. The van der Waals surface area contributed by atoms with Gasteiger partial charge in [-0.15, -0.1) is 0 Å². The quantitative estimate of drug-likeness (QED) is 0.651. The second-order valence-corrected chi connectivity index (χ2v) is 7.28. The van der Waals surface area contributed by atoms with E-state index in [-0.39, 0.29) is 12.0 Å². The summed E-state index contributed by atoms with van der Waals surface area (Å²) in [6.45, 7) is 8.58. The van der Waals surface area contributed by atoms with E-state index < -0.39 is 0 Å². The number of aryl methyl sites for hydroxylation is 1. The fourth-order valence-corrected chi connectivity index (χ4v) is 3.50. The molecule has 3 N–H and O–H groups in total. The van der Waals surface area contributed by atoms with Crippen LogP contribution in [0.3, 0.4) is 0 Å². The van der Waals surface area contributed by atoms with Gasteiger partial charge in [0.2, 0.25) is 11.9 Å². The van der Waals surface area contributed by atoms with E-state index in [1.165, 1.54) is 0 Å². The van der Waals surface area contributed by atoms with Crippen LogP contribution in [0, 0.1) is 6.92 Å². The Morgan fingerprint density at radius 2 is 1.86 bits per heavy atom. The predicted octanol–water partition coefficient (Wildman–Crippen LogP) is 2.37. The highest BCUT2D eigenvalue weighted by atomic mass is 16.5. The molecule has 152 valence electrons. The van der Waals surface area contributed by atoms with Crippen LogP contribution in [-0.2, 0) is 6.54 Å². The number of para-hydroxylation sites is 1. The lowest BCUT2D eigenvalue weighted by Gasteiger charge is -2.37. The third-order valence-corrected chi connectivity index (χ3v) is 5.09. The maximum absolute atomic E-state index is 5.95. The smallest absolute Gasteiger partial charge is 0.232 e. The number of aromatic nitrogens is 4. The van der Waals surface area contributed by atoms with Crippen LogP contribution in [0.2, 0.25) is 0 Å². The first kappa shape index (κ1) is 19.3. The zero-order valence-electron chi connectivity index (χ0n) is 16.7. The molecule has 4 rings (SSSR count). The zero-order valence-corrected chi connectivity index (χ0v) is 16.7. The SMILES string of the molecule is Cc1cc(CN2CCN(C(C)c3nc(N)nc(Nc4ccccc4)n3)CC2)no1. The highest BCUT2D eigenvalue weighted by Gasteiger charge is 2.25. The van der Waals surface area contributed by atoms with Crippen molar-refractivity contribution in [2.75, 3.05) is 37.2 Å². The summed E-state index contributed by atoms with van der Waals surface area (Å²) >= 11 is 0. The molecule has 1 atom stereocenters. The molecular weight excluding hydrogens is 368 g/mol. The molecule has 0 saturated carbocycles. The van der Waals surface area contributed by atoms with Crippen molar-refractivity contribution in [3.8, 4) is 0 Å². The van der Waals surface area contributed by atoms with Crippen LogP contribution in [0.5, 0.6) is 0 Å². The molecule has 3 heterocycles. The van der Waals surface area contributed by atoms with Crippen LogP contribution in [-0.4, -0.2) is 56.1 Å². The second-order valence-electron chi connectivity index (χ2n) is 7.28. The number of hydrogen-bond acceptors (Lipinski definition) is 9. The number of nitrogens with zero attached hydrogens (tertiary/aromatic N) is 6. The van der Waals surface area contributed by atoms with Crippen LogP contribution in [0.4, 0.5) is 17.6 Å². The molecule has 3 aromatic rings. The molecule has 1 saturated heterocycles. The van der Waals surface area contributed by atoms with Crippen LogP contribution in [0.15, 0.2) is 40.9 Å². The molecule has 1 fully saturated rings.